The Hall–Kier alpha value is -0.990. The van der Waals surface area contributed by atoms with Gasteiger partial charge in [0.05, 0.1) is 21.1 Å². The quantitative estimate of drug-likeness (QED) is 0.0281. The number of esters is 2. The summed E-state index contributed by atoms with van der Waals surface area (Å²) in [5, 5.41) is 0. The molecule has 0 amide bonds. The van der Waals surface area contributed by atoms with Crippen LogP contribution >= 0.6 is 7.82 Å². The van der Waals surface area contributed by atoms with E-state index < -0.39 is 26.0 Å². The predicted molar refractivity (Wildman–Crippen MR) is 229 cm³/mol. The average molecular weight is 805 g/mol. The van der Waals surface area contributed by atoms with Gasteiger partial charge in [-0.1, -0.05) is 194 Å². The van der Waals surface area contributed by atoms with E-state index in [1.165, 1.54) is 154 Å². The number of carbonyl (C=O) groups excluding carboxylic acids is 2. The van der Waals surface area contributed by atoms with Crippen LogP contribution in [0, 0.1) is 0 Å². The highest BCUT2D eigenvalue weighted by Crippen LogP contribution is 2.44. The molecular weight excluding hydrogens is 713 g/mol. The van der Waals surface area contributed by atoms with Gasteiger partial charge in [0.15, 0.2) is 5.60 Å². The smallest absolute Gasteiger partial charge is 0.461 e. The summed E-state index contributed by atoms with van der Waals surface area (Å²) < 4.78 is 34.9. The summed E-state index contributed by atoms with van der Waals surface area (Å²) in [4.78, 5) is 35.8. The van der Waals surface area contributed by atoms with Crippen molar-refractivity contribution >= 4 is 19.8 Å². The molecule has 0 bridgehead atoms. The van der Waals surface area contributed by atoms with Crippen LogP contribution in [0.5, 0.6) is 0 Å². The number of carbonyl (C=O) groups is 2. The van der Waals surface area contributed by atoms with E-state index in [0.29, 0.717) is 17.4 Å². The molecule has 0 aliphatic rings. The Labute approximate surface area is 340 Å². The second-order valence-electron chi connectivity index (χ2n) is 17.6. The molecule has 328 valence electrons. The third-order valence-electron chi connectivity index (χ3n) is 10.4. The van der Waals surface area contributed by atoms with E-state index in [1.807, 2.05) is 21.1 Å². The molecule has 0 aromatic carbocycles. The number of hydrogen-bond acceptors (Lipinski definition) is 7. The first kappa shape index (κ1) is 54.0. The van der Waals surface area contributed by atoms with Crippen molar-refractivity contribution in [2.24, 2.45) is 0 Å². The summed E-state index contributed by atoms with van der Waals surface area (Å²) in [6.45, 7) is 5.95. The van der Waals surface area contributed by atoms with Gasteiger partial charge in [-0.05, 0) is 19.8 Å². The molecule has 0 aliphatic heterocycles. The average Bonchev–Trinajstić information content (AvgIpc) is 3.12. The maximum atomic E-state index is 12.9. The maximum Gasteiger partial charge on any atom is 0.472 e. The number of hydrogen-bond donors (Lipinski definition) is 1. The van der Waals surface area contributed by atoms with Gasteiger partial charge in [-0.3, -0.25) is 18.6 Å². The lowest BCUT2D eigenvalue weighted by Gasteiger charge is -2.30. The molecule has 0 aromatic heterocycles. The molecule has 10 heteroatoms. The third kappa shape index (κ3) is 39.6. The highest BCUT2D eigenvalue weighted by Gasteiger charge is 2.35. The lowest BCUT2D eigenvalue weighted by Crippen LogP contribution is -2.42. The van der Waals surface area contributed by atoms with Crippen molar-refractivity contribution in [3.8, 4) is 0 Å². The Kier molecular flexibility index (Phi) is 35.5. The molecule has 2 atom stereocenters. The molecule has 0 aliphatic carbocycles. The zero-order valence-corrected chi connectivity index (χ0v) is 38.0. The lowest BCUT2D eigenvalue weighted by molar-refractivity contribution is -0.870. The Morgan fingerprint density at radius 1 is 0.509 bits per heavy atom. The molecule has 55 heavy (non-hydrogen) atoms. The molecule has 1 unspecified atom stereocenters. The normalized spacial score (nSPS) is 14.1. The molecule has 0 rings (SSSR count). The fraction of sp³-hybridized carbons (Fsp3) is 0.956. The summed E-state index contributed by atoms with van der Waals surface area (Å²) >= 11 is 0. The minimum atomic E-state index is -4.41. The predicted octanol–water partition coefficient (Wildman–Crippen LogP) is 13.2. The van der Waals surface area contributed by atoms with Crippen LogP contribution in [0.15, 0.2) is 0 Å². The standard InChI is InChI=1S/C45H90NO8P/c1-7-9-11-13-15-17-19-21-23-25-27-29-31-33-35-37-43(47)51-41-45(3,42-53-55(49,50)52-40-39-46(4,5)6)54-44(48)38-36-34-32-30-28-26-24-22-20-18-16-14-12-10-8-2/h7-42H2,1-6H3/p+1/t45-/m1/s1. The summed E-state index contributed by atoms with van der Waals surface area (Å²) in [5.74, 6) is -0.802. The summed E-state index contributed by atoms with van der Waals surface area (Å²) in [6, 6.07) is 0. The molecule has 0 saturated carbocycles. The van der Waals surface area contributed by atoms with E-state index in [4.69, 9.17) is 18.5 Å². The fourth-order valence-electron chi connectivity index (χ4n) is 6.70. The summed E-state index contributed by atoms with van der Waals surface area (Å²) in [6.07, 6.45) is 38.0. The number of nitrogens with zero attached hydrogens (tertiary/aromatic N) is 1. The first-order valence-electron chi connectivity index (χ1n) is 23.1. The largest absolute Gasteiger partial charge is 0.472 e. The first-order valence-corrected chi connectivity index (χ1v) is 24.6. The molecule has 0 spiro atoms. The van der Waals surface area contributed by atoms with E-state index in [2.05, 4.69) is 13.8 Å². The van der Waals surface area contributed by atoms with Crippen LogP contribution in [0.1, 0.15) is 226 Å². The van der Waals surface area contributed by atoms with Crippen LogP contribution in [0.25, 0.3) is 0 Å². The molecule has 0 radical (unpaired) electrons. The lowest BCUT2D eigenvalue weighted by atomic mass is 10.0. The second-order valence-corrected chi connectivity index (χ2v) is 19.0. The van der Waals surface area contributed by atoms with Gasteiger partial charge in [0.1, 0.15) is 26.4 Å². The maximum absolute atomic E-state index is 12.9. The monoisotopic (exact) mass is 805 g/mol. The number of quaternary nitrogens is 1. The number of phosphoric ester groups is 1. The van der Waals surface area contributed by atoms with Crippen molar-refractivity contribution < 1.29 is 42.1 Å². The van der Waals surface area contributed by atoms with Crippen LogP contribution in [0.2, 0.25) is 0 Å². The first-order chi connectivity index (χ1) is 26.3. The minimum Gasteiger partial charge on any atom is -0.461 e. The van der Waals surface area contributed by atoms with Gasteiger partial charge in [-0.15, -0.1) is 0 Å². The summed E-state index contributed by atoms with van der Waals surface area (Å²) in [7, 11) is 1.45. The van der Waals surface area contributed by atoms with Crippen LogP contribution in [-0.2, 0) is 32.7 Å². The van der Waals surface area contributed by atoms with Crippen LogP contribution < -0.4 is 0 Å². The molecule has 0 fully saturated rings. The zero-order valence-electron chi connectivity index (χ0n) is 37.2. The van der Waals surface area contributed by atoms with E-state index in [-0.39, 0.29) is 32.0 Å². The molecule has 0 saturated heterocycles. The van der Waals surface area contributed by atoms with Gasteiger partial charge in [0.25, 0.3) is 0 Å². The number of ether oxygens (including phenoxy) is 2. The Morgan fingerprint density at radius 2 is 0.836 bits per heavy atom. The zero-order chi connectivity index (χ0) is 40.9. The van der Waals surface area contributed by atoms with Gasteiger partial charge >= 0.3 is 19.8 Å². The van der Waals surface area contributed by atoms with Crippen molar-refractivity contribution in [3.05, 3.63) is 0 Å². The molecule has 1 N–H and O–H groups in total. The van der Waals surface area contributed by atoms with E-state index in [0.717, 1.165) is 32.1 Å². The van der Waals surface area contributed by atoms with Crippen molar-refractivity contribution in [3.63, 3.8) is 0 Å². The van der Waals surface area contributed by atoms with Gasteiger partial charge in [0, 0.05) is 12.8 Å². The number of rotatable bonds is 42. The third-order valence-corrected chi connectivity index (χ3v) is 11.4. The summed E-state index contributed by atoms with van der Waals surface area (Å²) in [5.41, 5.74) is -1.42. The topological polar surface area (TPSA) is 108 Å². The van der Waals surface area contributed by atoms with E-state index in [9.17, 15) is 19.0 Å². The Balaban J connectivity index is 4.44. The number of phosphoric acid groups is 1. The second kappa shape index (κ2) is 36.1. The van der Waals surface area contributed by atoms with E-state index >= 15 is 0 Å². The minimum absolute atomic E-state index is 0.0290. The van der Waals surface area contributed by atoms with Gasteiger partial charge < -0.3 is 18.9 Å². The fourth-order valence-corrected chi connectivity index (χ4v) is 7.52. The van der Waals surface area contributed by atoms with Crippen LogP contribution in [0.3, 0.4) is 0 Å². The van der Waals surface area contributed by atoms with Gasteiger partial charge in [-0.25, -0.2) is 4.57 Å². The van der Waals surface area contributed by atoms with Crippen molar-refractivity contribution in [1.82, 2.24) is 0 Å². The van der Waals surface area contributed by atoms with Crippen molar-refractivity contribution in [2.45, 2.75) is 232 Å². The van der Waals surface area contributed by atoms with E-state index in [1.54, 1.807) is 6.92 Å². The Bertz CT molecular complexity index is 942. The highest BCUT2D eigenvalue weighted by atomic mass is 31.2. The SMILES string of the molecule is CCCCCCCCCCCCCCCCCC(=O)OC[C@](C)(COP(=O)(O)OCC[N+](C)(C)C)OC(=O)CCCCCCCCCCCCCCCCC. The number of unbranched alkanes of at least 4 members (excludes halogenated alkanes) is 28. The Morgan fingerprint density at radius 3 is 1.18 bits per heavy atom. The molecule has 0 heterocycles. The molecule has 9 nitrogen and oxygen atoms in total. The number of likely N-dealkylation sites (N-methyl/N-ethyl adjacent to an activating group) is 1. The van der Waals surface area contributed by atoms with Crippen LogP contribution in [-0.4, -0.2) is 74.4 Å². The van der Waals surface area contributed by atoms with Crippen LogP contribution in [0.4, 0.5) is 0 Å². The van der Waals surface area contributed by atoms with Crippen molar-refractivity contribution in [2.75, 3.05) is 47.5 Å². The molecule has 0 aromatic rings. The van der Waals surface area contributed by atoms with Crippen molar-refractivity contribution in [1.29, 1.82) is 0 Å². The van der Waals surface area contributed by atoms with Gasteiger partial charge in [-0.2, -0.15) is 0 Å². The highest BCUT2D eigenvalue weighted by molar-refractivity contribution is 7.47. The molecular formula is C45H91NO8P+. The van der Waals surface area contributed by atoms with Gasteiger partial charge in [0.2, 0.25) is 0 Å².